The van der Waals surface area contributed by atoms with Gasteiger partial charge in [0.25, 0.3) is 11.8 Å². The van der Waals surface area contributed by atoms with E-state index in [-0.39, 0.29) is 29.5 Å². The molecule has 2 N–H and O–H groups in total. The van der Waals surface area contributed by atoms with Crippen molar-refractivity contribution < 1.29 is 18.8 Å². The van der Waals surface area contributed by atoms with Gasteiger partial charge < -0.3 is 15.5 Å². The summed E-state index contributed by atoms with van der Waals surface area (Å²) in [4.78, 5) is 39.4. The summed E-state index contributed by atoms with van der Waals surface area (Å²) < 4.78 is 13.7. The van der Waals surface area contributed by atoms with Gasteiger partial charge in [-0.15, -0.1) is 0 Å². The highest BCUT2D eigenvalue weighted by Gasteiger charge is 2.27. The third-order valence-electron chi connectivity index (χ3n) is 6.23. The molecule has 180 valence electrons. The molecule has 1 aliphatic rings. The normalized spacial score (nSPS) is 13.8. The molecule has 3 aromatic rings. The lowest BCUT2D eigenvalue weighted by Crippen LogP contribution is -2.43. The molecule has 1 aliphatic heterocycles. The van der Waals surface area contributed by atoms with Crippen LogP contribution in [0.2, 0.25) is 0 Å². The summed E-state index contributed by atoms with van der Waals surface area (Å²) in [6.07, 6.45) is 1.61. The number of amides is 3. The molecule has 0 aliphatic carbocycles. The molecule has 35 heavy (non-hydrogen) atoms. The summed E-state index contributed by atoms with van der Waals surface area (Å²) in [6, 6.07) is 22.3. The minimum atomic E-state index is -0.264. The first-order chi connectivity index (χ1) is 17.0. The summed E-state index contributed by atoms with van der Waals surface area (Å²) in [5.74, 6) is -0.773. The molecule has 0 spiro atoms. The molecule has 6 nitrogen and oxygen atoms in total. The van der Waals surface area contributed by atoms with Crippen molar-refractivity contribution in [1.82, 2.24) is 10.2 Å². The van der Waals surface area contributed by atoms with E-state index in [4.69, 9.17) is 0 Å². The van der Waals surface area contributed by atoms with Crippen LogP contribution in [0.1, 0.15) is 39.1 Å². The topological polar surface area (TPSA) is 78.5 Å². The average Bonchev–Trinajstić information content (AvgIpc) is 2.90. The summed E-state index contributed by atoms with van der Waals surface area (Å²) >= 11 is 0. The molecule has 0 aromatic heterocycles. The second-order valence-electron chi connectivity index (χ2n) is 8.60. The van der Waals surface area contributed by atoms with Crippen LogP contribution in [0.3, 0.4) is 0 Å². The standard InChI is InChI=1S/C28H28FN3O3/c29-25-9-5-4-6-20(25)14-17-30-26(33)22-15-18-32(19-16-22)28(35)23-10-12-24(13-11-23)31-27(34)21-7-2-1-3-8-21/h1-13,22H,14-19H2,(H,30,33)(H,31,34). The highest BCUT2D eigenvalue weighted by Crippen LogP contribution is 2.20. The number of hydrogen-bond donors (Lipinski definition) is 2. The predicted molar refractivity (Wildman–Crippen MR) is 133 cm³/mol. The van der Waals surface area contributed by atoms with Crippen LogP contribution in [-0.2, 0) is 11.2 Å². The predicted octanol–water partition coefficient (Wildman–Crippen LogP) is 4.29. The van der Waals surface area contributed by atoms with E-state index in [1.807, 2.05) is 6.07 Å². The van der Waals surface area contributed by atoms with E-state index in [1.54, 1.807) is 71.6 Å². The fraction of sp³-hybridized carbons (Fsp3) is 0.250. The lowest BCUT2D eigenvalue weighted by molar-refractivity contribution is -0.126. The van der Waals surface area contributed by atoms with Crippen molar-refractivity contribution in [2.24, 2.45) is 5.92 Å². The van der Waals surface area contributed by atoms with Gasteiger partial charge in [0.2, 0.25) is 5.91 Å². The minimum absolute atomic E-state index is 0.0491. The van der Waals surface area contributed by atoms with E-state index in [0.29, 0.717) is 61.3 Å². The molecule has 1 fully saturated rings. The highest BCUT2D eigenvalue weighted by atomic mass is 19.1. The lowest BCUT2D eigenvalue weighted by atomic mass is 9.95. The Labute approximate surface area is 204 Å². The third kappa shape index (κ3) is 6.32. The largest absolute Gasteiger partial charge is 0.356 e. The molecule has 1 heterocycles. The number of carbonyl (C=O) groups is 3. The van der Waals surface area contributed by atoms with E-state index in [0.717, 1.165) is 0 Å². The van der Waals surface area contributed by atoms with Gasteiger partial charge in [-0.2, -0.15) is 0 Å². The van der Waals surface area contributed by atoms with Crippen LogP contribution in [0.15, 0.2) is 78.9 Å². The molecule has 7 heteroatoms. The maximum absolute atomic E-state index is 13.7. The monoisotopic (exact) mass is 473 g/mol. The van der Waals surface area contributed by atoms with Gasteiger partial charge in [0, 0.05) is 42.4 Å². The van der Waals surface area contributed by atoms with E-state index >= 15 is 0 Å². The fourth-order valence-corrected chi connectivity index (χ4v) is 4.18. The van der Waals surface area contributed by atoms with Gasteiger partial charge in [0.1, 0.15) is 5.82 Å². The number of halogens is 1. The number of carbonyl (C=O) groups excluding carboxylic acids is 3. The van der Waals surface area contributed by atoms with Gasteiger partial charge in [-0.3, -0.25) is 14.4 Å². The minimum Gasteiger partial charge on any atom is -0.356 e. The maximum Gasteiger partial charge on any atom is 0.255 e. The Bertz CT molecular complexity index is 1170. The van der Waals surface area contributed by atoms with Crippen molar-refractivity contribution in [1.29, 1.82) is 0 Å². The molecular weight excluding hydrogens is 445 g/mol. The molecule has 0 radical (unpaired) electrons. The zero-order chi connectivity index (χ0) is 24.6. The van der Waals surface area contributed by atoms with Gasteiger partial charge in [-0.1, -0.05) is 36.4 Å². The van der Waals surface area contributed by atoms with Crippen LogP contribution >= 0.6 is 0 Å². The Morgan fingerprint density at radius 2 is 1.49 bits per heavy atom. The molecule has 0 unspecified atom stereocenters. The molecule has 0 bridgehead atoms. The Balaban J connectivity index is 1.23. The Morgan fingerprint density at radius 1 is 0.829 bits per heavy atom. The van der Waals surface area contributed by atoms with Crippen molar-refractivity contribution in [3.8, 4) is 0 Å². The quantitative estimate of drug-likeness (QED) is 0.537. The summed E-state index contributed by atoms with van der Waals surface area (Å²) in [5.41, 5.74) is 2.29. The van der Waals surface area contributed by atoms with Crippen molar-refractivity contribution in [3.05, 3.63) is 101 Å². The van der Waals surface area contributed by atoms with Crippen LogP contribution in [0.25, 0.3) is 0 Å². The number of anilines is 1. The van der Waals surface area contributed by atoms with Gasteiger partial charge >= 0.3 is 0 Å². The molecule has 3 aromatic carbocycles. The Kier molecular flexibility index (Phi) is 7.88. The van der Waals surface area contributed by atoms with E-state index in [2.05, 4.69) is 10.6 Å². The smallest absolute Gasteiger partial charge is 0.255 e. The molecule has 0 saturated carbocycles. The SMILES string of the molecule is O=C(Nc1ccc(C(=O)N2CCC(C(=O)NCCc3ccccc3F)CC2)cc1)c1ccccc1. The zero-order valence-corrected chi connectivity index (χ0v) is 19.4. The Hall–Kier alpha value is -4.00. The van der Waals surface area contributed by atoms with Crippen molar-refractivity contribution in [2.75, 3.05) is 25.0 Å². The lowest BCUT2D eigenvalue weighted by Gasteiger charge is -2.31. The first-order valence-electron chi connectivity index (χ1n) is 11.8. The van der Waals surface area contributed by atoms with Crippen molar-refractivity contribution in [3.63, 3.8) is 0 Å². The first-order valence-corrected chi connectivity index (χ1v) is 11.8. The van der Waals surface area contributed by atoms with E-state index in [9.17, 15) is 18.8 Å². The van der Waals surface area contributed by atoms with Gasteiger partial charge in [-0.25, -0.2) is 4.39 Å². The number of nitrogens with zero attached hydrogens (tertiary/aromatic N) is 1. The highest BCUT2D eigenvalue weighted by molar-refractivity contribution is 6.04. The van der Waals surface area contributed by atoms with Crippen molar-refractivity contribution >= 4 is 23.4 Å². The van der Waals surface area contributed by atoms with Gasteiger partial charge in [0.15, 0.2) is 0 Å². The summed E-state index contributed by atoms with van der Waals surface area (Å²) in [6.45, 7) is 1.37. The van der Waals surface area contributed by atoms with Crippen LogP contribution in [0, 0.1) is 11.7 Å². The van der Waals surface area contributed by atoms with Crippen LogP contribution in [-0.4, -0.2) is 42.3 Å². The fourth-order valence-electron chi connectivity index (χ4n) is 4.18. The van der Waals surface area contributed by atoms with E-state index in [1.165, 1.54) is 6.07 Å². The number of benzene rings is 3. The Morgan fingerprint density at radius 3 is 2.17 bits per heavy atom. The molecule has 4 rings (SSSR count). The van der Waals surface area contributed by atoms with Crippen LogP contribution in [0.4, 0.5) is 10.1 Å². The van der Waals surface area contributed by atoms with Crippen molar-refractivity contribution in [2.45, 2.75) is 19.3 Å². The number of rotatable bonds is 7. The number of likely N-dealkylation sites (tertiary alicyclic amines) is 1. The van der Waals surface area contributed by atoms with Crippen LogP contribution < -0.4 is 10.6 Å². The zero-order valence-electron chi connectivity index (χ0n) is 19.4. The number of hydrogen-bond acceptors (Lipinski definition) is 3. The number of piperidine rings is 1. The van der Waals surface area contributed by atoms with Crippen LogP contribution in [0.5, 0.6) is 0 Å². The third-order valence-corrected chi connectivity index (χ3v) is 6.23. The summed E-state index contributed by atoms with van der Waals surface area (Å²) in [5, 5.41) is 5.72. The number of nitrogens with one attached hydrogen (secondary N) is 2. The molecule has 0 atom stereocenters. The average molecular weight is 474 g/mol. The van der Waals surface area contributed by atoms with E-state index < -0.39 is 0 Å². The van der Waals surface area contributed by atoms with Gasteiger partial charge in [-0.05, 0) is 67.3 Å². The molecule has 3 amide bonds. The maximum atomic E-state index is 13.7. The first kappa shape index (κ1) is 24.1. The van der Waals surface area contributed by atoms with Gasteiger partial charge in [0.05, 0.1) is 0 Å². The summed E-state index contributed by atoms with van der Waals surface area (Å²) in [7, 11) is 0. The second kappa shape index (κ2) is 11.4. The second-order valence-corrected chi connectivity index (χ2v) is 8.60. The molecule has 1 saturated heterocycles. The molecular formula is C28H28FN3O3.